The van der Waals surface area contributed by atoms with Gasteiger partial charge in [-0.05, 0) is 12.6 Å². The number of hydrogen-bond donors (Lipinski definition) is 0. The second-order valence-corrected chi connectivity index (χ2v) is 3.78. The third-order valence-electron chi connectivity index (χ3n) is 1.95. The van der Waals surface area contributed by atoms with Gasteiger partial charge in [-0.3, -0.25) is 6.07 Å². The molecule has 0 saturated carbocycles. The van der Waals surface area contributed by atoms with Crippen LogP contribution in [0.4, 0.5) is 0 Å². The van der Waals surface area contributed by atoms with E-state index in [0.717, 1.165) is 16.3 Å². The van der Waals surface area contributed by atoms with Gasteiger partial charge in [-0.1, -0.05) is 12.8 Å². The fraction of sp³-hybridized carbons (Fsp3) is 0.300. The molecule has 1 radical (unpaired) electrons. The van der Waals surface area contributed by atoms with Gasteiger partial charge in [0.15, 0.2) is 0 Å². The van der Waals surface area contributed by atoms with Crippen molar-refractivity contribution in [3.8, 4) is 0 Å². The van der Waals surface area contributed by atoms with Crippen molar-refractivity contribution < 1.29 is 32.7 Å². The molecule has 65 valence electrons. The molecule has 1 atom stereocenters. The van der Waals surface area contributed by atoms with E-state index in [0.29, 0.717) is 5.92 Å². The zero-order valence-electron chi connectivity index (χ0n) is 7.66. The molecule has 0 aliphatic carbocycles. The average molecular weight is 264 g/mol. The van der Waals surface area contributed by atoms with Gasteiger partial charge in [0, 0.05) is 32.7 Å². The summed E-state index contributed by atoms with van der Waals surface area (Å²) < 4.78 is 0. The van der Waals surface area contributed by atoms with Crippen LogP contribution < -0.4 is 0 Å². The second-order valence-electron chi connectivity index (χ2n) is 2.86. The summed E-state index contributed by atoms with van der Waals surface area (Å²) in [6.07, 6.45) is 3.30. The van der Waals surface area contributed by atoms with Gasteiger partial charge in [-0.25, -0.2) is 4.88 Å². The molecule has 0 aromatic carbocycles. The first-order valence-corrected chi connectivity index (χ1v) is 4.79. The fourth-order valence-electron chi connectivity index (χ4n) is 1.10. The van der Waals surface area contributed by atoms with Crippen molar-refractivity contribution in [3.05, 3.63) is 28.5 Å². The van der Waals surface area contributed by atoms with E-state index >= 15 is 0 Å². The molecule has 2 heterocycles. The van der Waals surface area contributed by atoms with Crippen LogP contribution in [0.15, 0.2) is 16.4 Å². The van der Waals surface area contributed by atoms with Crippen LogP contribution in [0.1, 0.15) is 18.7 Å². The zero-order chi connectivity index (χ0) is 8.55. The summed E-state index contributed by atoms with van der Waals surface area (Å²) in [5.74, 6) is 0.371. The molecule has 1 nitrogen and oxygen atoms in total. The predicted octanol–water partition coefficient (Wildman–Crippen LogP) is 2.80. The number of aliphatic imine (C=N–C) groups is 1. The second kappa shape index (κ2) is 4.63. The molecular formula is C10H9NSY-2. The summed E-state index contributed by atoms with van der Waals surface area (Å²) in [6, 6.07) is 5.05. The van der Waals surface area contributed by atoms with Crippen LogP contribution in [0.25, 0.3) is 5.70 Å². The van der Waals surface area contributed by atoms with E-state index in [4.69, 9.17) is 0 Å². The summed E-state index contributed by atoms with van der Waals surface area (Å²) in [7, 11) is 0. The van der Waals surface area contributed by atoms with Crippen LogP contribution in [0.3, 0.4) is 0 Å². The largest absolute Gasteiger partial charge is 0.359 e. The molecule has 0 N–H and O–H groups in total. The van der Waals surface area contributed by atoms with Crippen LogP contribution in [0, 0.1) is 18.1 Å². The van der Waals surface area contributed by atoms with Gasteiger partial charge in [-0.2, -0.15) is 11.8 Å². The molecule has 0 fully saturated rings. The summed E-state index contributed by atoms with van der Waals surface area (Å²) >= 11 is 1.66. The van der Waals surface area contributed by atoms with Crippen LogP contribution >= 0.6 is 11.3 Å². The van der Waals surface area contributed by atoms with Crippen molar-refractivity contribution in [2.24, 2.45) is 10.9 Å². The summed E-state index contributed by atoms with van der Waals surface area (Å²) in [6.45, 7) is 4.15. The third-order valence-corrected chi connectivity index (χ3v) is 2.77. The smallest absolute Gasteiger partial charge is 0 e. The summed E-state index contributed by atoms with van der Waals surface area (Å²) in [5.41, 5.74) is 2.11. The van der Waals surface area contributed by atoms with Gasteiger partial charge in [0.2, 0.25) is 0 Å². The third kappa shape index (κ3) is 2.36. The Labute approximate surface area is 108 Å². The normalized spacial score (nSPS) is 20.6. The zero-order valence-corrected chi connectivity index (χ0v) is 11.3. The van der Waals surface area contributed by atoms with Crippen molar-refractivity contribution in [1.29, 1.82) is 0 Å². The Morgan fingerprint density at radius 2 is 2.31 bits per heavy atom. The Bertz CT molecular complexity index is 338. The molecule has 1 aromatic heterocycles. The molecule has 1 aliphatic heterocycles. The molecule has 1 aliphatic rings. The van der Waals surface area contributed by atoms with E-state index in [1.165, 1.54) is 0 Å². The first-order chi connectivity index (χ1) is 5.77. The first kappa shape index (κ1) is 11.3. The van der Waals surface area contributed by atoms with Crippen molar-refractivity contribution in [2.45, 2.75) is 13.8 Å². The predicted molar refractivity (Wildman–Crippen MR) is 52.1 cm³/mol. The Hall–Kier alpha value is 0.214. The van der Waals surface area contributed by atoms with Crippen molar-refractivity contribution in [3.63, 3.8) is 0 Å². The van der Waals surface area contributed by atoms with Gasteiger partial charge in [-0.15, -0.1) is 5.38 Å². The van der Waals surface area contributed by atoms with E-state index in [1.54, 1.807) is 11.3 Å². The van der Waals surface area contributed by atoms with Gasteiger partial charge < -0.3 is 22.4 Å². The maximum atomic E-state index is 4.41. The van der Waals surface area contributed by atoms with Gasteiger partial charge in [0.1, 0.15) is 0 Å². The molecule has 2 rings (SSSR count). The minimum absolute atomic E-state index is 0. The van der Waals surface area contributed by atoms with Gasteiger partial charge in [0.05, 0.1) is 0 Å². The summed E-state index contributed by atoms with van der Waals surface area (Å²) in [5, 5.41) is 2.01. The fourth-order valence-corrected chi connectivity index (χ4v) is 1.73. The van der Waals surface area contributed by atoms with Crippen LogP contribution in [0.5, 0.6) is 0 Å². The number of hydrogen-bond acceptors (Lipinski definition) is 2. The molecule has 3 heteroatoms. The van der Waals surface area contributed by atoms with Gasteiger partial charge >= 0.3 is 0 Å². The minimum atomic E-state index is 0. The maximum Gasteiger partial charge on any atom is 0 e. The Balaban J connectivity index is 0.000000845. The van der Waals surface area contributed by atoms with E-state index in [1.807, 2.05) is 18.4 Å². The SMILES string of the molecule is CC1=NC(c2[c-]ccs2)=[C-]C1C.[Y]. The standard InChI is InChI=1S/C10H9NS.Y/c1-7-6-9(11-8(7)2)10-4-3-5-12-10;/h3,5,7H,1-2H3;/q-2;. The molecule has 1 aromatic rings. The topological polar surface area (TPSA) is 12.4 Å². The van der Waals surface area contributed by atoms with Crippen LogP contribution in [-0.4, -0.2) is 5.71 Å². The van der Waals surface area contributed by atoms with Gasteiger partial charge in [0.25, 0.3) is 0 Å². The number of nitrogens with zero attached hydrogens (tertiary/aromatic N) is 1. The Morgan fingerprint density at radius 1 is 1.54 bits per heavy atom. The molecule has 0 bridgehead atoms. The van der Waals surface area contributed by atoms with E-state index < -0.39 is 0 Å². The molecule has 0 amide bonds. The molecule has 13 heavy (non-hydrogen) atoms. The number of thiophene rings is 1. The Morgan fingerprint density at radius 3 is 2.77 bits per heavy atom. The monoisotopic (exact) mass is 264 g/mol. The van der Waals surface area contributed by atoms with Crippen molar-refractivity contribution in [2.75, 3.05) is 0 Å². The van der Waals surface area contributed by atoms with Crippen molar-refractivity contribution in [1.82, 2.24) is 0 Å². The first-order valence-electron chi connectivity index (χ1n) is 3.91. The number of allylic oxidation sites excluding steroid dienone is 1. The molecular weight excluding hydrogens is 255 g/mol. The van der Waals surface area contributed by atoms with Crippen molar-refractivity contribution >= 4 is 22.7 Å². The average Bonchev–Trinajstić information content (AvgIpc) is 2.61. The quantitative estimate of drug-likeness (QED) is 0.692. The molecule has 0 saturated heterocycles. The van der Waals surface area contributed by atoms with E-state index in [9.17, 15) is 0 Å². The Kier molecular flexibility index (Phi) is 4.02. The molecule has 0 spiro atoms. The maximum absolute atomic E-state index is 4.41. The number of rotatable bonds is 1. The van der Waals surface area contributed by atoms with E-state index in [-0.39, 0.29) is 32.7 Å². The van der Waals surface area contributed by atoms with E-state index in [2.05, 4.69) is 24.1 Å². The molecule has 1 unspecified atom stereocenters. The van der Waals surface area contributed by atoms with Crippen LogP contribution in [-0.2, 0) is 32.7 Å². The summed E-state index contributed by atoms with van der Waals surface area (Å²) in [4.78, 5) is 5.51. The van der Waals surface area contributed by atoms with Crippen LogP contribution in [0.2, 0.25) is 0 Å². The minimum Gasteiger partial charge on any atom is -0.359 e.